The van der Waals surface area contributed by atoms with Crippen LogP contribution in [-0.2, 0) is 5.60 Å². The molecule has 0 radical (unpaired) electrons. The van der Waals surface area contributed by atoms with Crippen LogP contribution in [0.2, 0.25) is 0 Å². The van der Waals surface area contributed by atoms with Crippen LogP contribution in [0.3, 0.4) is 0 Å². The number of nitrogens with zero attached hydrogens (tertiary/aromatic N) is 1. The average Bonchev–Trinajstić information content (AvgIpc) is 3.00. The molecule has 5 heteroatoms. The lowest BCUT2D eigenvalue weighted by molar-refractivity contribution is -0.484. The molecule has 128 valence electrons. The van der Waals surface area contributed by atoms with Crippen molar-refractivity contribution < 1.29 is 9.66 Å². The summed E-state index contributed by atoms with van der Waals surface area (Å²) in [6.45, 7) is 3.94. The van der Waals surface area contributed by atoms with Gasteiger partial charge in [-0.1, -0.05) is 36.4 Å². The summed E-state index contributed by atoms with van der Waals surface area (Å²) in [6, 6.07) is 14.0. The van der Waals surface area contributed by atoms with Gasteiger partial charge in [-0.25, -0.2) is 0 Å². The van der Waals surface area contributed by atoms with E-state index < -0.39 is 5.60 Å². The molecule has 1 N–H and O–H groups in total. The molecule has 0 saturated heterocycles. The maximum absolute atomic E-state index is 11.2. The Hall–Kier alpha value is -2.82. The van der Waals surface area contributed by atoms with Gasteiger partial charge in [-0.2, -0.15) is 0 Å². The van der Waals surface area contributed by atoms with E-state index in [0.717, 1.165) is 33.3 Å². The zero-order valence-electron chi connectivity index (χ0n) is 14.3. The van der Waals surface area contributed by atoms with Gasteiger partial charge in [-0.15, -0.1) is 0 Å². The molecule has 2 atom stereocenters. The number of benzene rings is 2. The van der Waals surface area contributed by atoms with E-state index in [2.05, 4.69) is 11.1 Å². The van der Waals surface area contributed by atoms with E-state index in [0.29, 0.717) is 6.42 Å². The van der Waals surface area contributed by atoms with E-state index in [9.17, 15) is 10.1 Å². The van der Waals surface area contributed by atoms with Crippen molar-refractivity contribution in [2.75, 3.05) is 6.54 Å². The van der Waals surface area contributed by atoms with E-state index >= 15 is 0 Å². The van der Waals surface area contributed by atoms with Crippen LogP contribution in [0.4, 0.5) is 0 Å². The number of aryl methyl sites for hydroxylation is 1. The Morgan fingerprint density at radius 3 is 2.88 bits per heavy atom. The Balaban J connectivity index is 1.86. The fraction of sp³-hybridized carbons (Fsp3) is 0.300. The molecule has 5 nitrogen and oxygen atoms in total. The van der Waals surface area contributed by atoms with Crippen molar-refractivity contribution in [2.24, 2.45) is 0 Å². The van der Waals surface area contributed by atoms with E-state index in [1.54, 1.807) is 0 Å². The minimum absolute atomic E-state index is 0.0856. The Kier molecular flexibility index (Phi) is 3.53. The lowest BCUT2D eigenvalue weighted by atomic mass is 9.79. The topological polar surface area (TPSA) is 68.2 Å². The van der Waals surface area contributed by atoms with Crippen LogP contribution in [0.15, 0.2) is 48.7 Å². The second-order valence-corrected chi connectivity index (χ2v) is 6.99. The Morgan fingerprint density at radius 1 is 1.28 bits per heavy atom. The van der Waals surface area contributed by atoms with Crippen molar-refractivity contribution in [1.29, 1.82) is 0 Å². The lowest BCUT2D eigenvalue weighted by Crippen LogP contribution is -2.37. The van der Waals surface area contributed by atoms with Gasteiger partial charge < -0.3 is 9.72 Å². The van der Waals surface area contributed by atoms with Gasteiger partial charge in [0.05, 0.1) is 5.92 Å². The van der Waals surface area contributed by atoms with E-state index in [-0.39, 0.29) is 17.4 Å². The zero-order chi connectivity index (χ0) is 17.6. The molecular formula is C20H20N2O3. The molecular weight excluding hydrogens is 316 g/mol. The number of para-hydroxylation sites is 2. The summed E-state index contributed by atoms with van der Waals surface area (Å²) in [4.78, 5) is 14.3. The van der Waals surface area contributed by atoms with E-state index in [1.807, 2.05) is 56.4 Å². The molecule has 25 heavy (non-hydrogen) atoms. The normalized spacial score (nSPS) is 22.4. The summed E-state index contributed by atoms with van der Waals surface area (Å²) in [5, 5.41) is 12.3. The van der Waals surface area contributed by atoms with Gasteiger partial charge in [0.2, 0.25) is 6.54 Å². The van der Waals surface area contributed by atoms with Crippen LogP contribution in [0.5, 0.6) is 5.75 Å². The van der Waals surface area contributed by atoms with Gasteiger partial charge in [-0.05, 0) is 25.5 Å². The van der Waals surface area contributed by atoms with Gasteiger partial charge in [0.1, 0.15) is 11.4 Å². The summed E-state index contributed by atoms with van der Waals surface area (Å²) < 4.78 is 6.47. The van der Waals surface area contributed by atoms with Crippen molar-refractivity contribution in [3.63, 3.8) is 0 Å². The molecule has 2 heterocycles. The molecule has 3 aromatic rings. The minimum atomic E-state index is -0.612. The molecule has 0 spiro atoms. The second kappa shape index (κ2) is 5.62. The largest absolute Gasteiger partial charge is 0.482 e. The first-order valence-electron chi connectivity index (χ1n) is 8.45. The summed E-state index contributed by atoms with van der Waals surface area (Å²) >= 11 is 0. The third-order valence-corrected chi connectivity index (χ3v) is 5.17. The van der Waals surface area contributed by atoms with Crippen molar-refractivity contribution in [3.8, 4) is 5.75 Å². The number of aromatic amines is 1. The average molecular weight is 336 g/mol. The monoisotopic (exact) mass is 336 g/mol. The molecule has 1 aliphatic rings. The quantitative estimate of drug-likeness (QED) is 0.564. The van der Waals surface area contributed by atoms with Gasteiger partial charge in [0.15, 0.2) is 0 Å². The first-order chi connectivity index (χ1) is 12.0. The van der Waals surface area contributed by atoms with Crippen molar-refractivity contribution in [3.05, 3.63) is 75.5 Å². The molecule has 0 saturated carbocycles. The number of hydrogen-bond acceptors (Lipinski definition) is 3. The number of H-pyrrole nitrogens is 1. The number of rotatable bonds is 3. The van der Waals surface area contributed by atoms with Crippen LogP contribution >= 0.6 is 0 Å². The summed E-state index contributed by atoms with van der Waals surface area (Å²) in [7, 11) is 0. The van der Waals surface area contributed by atoms with Crippen LogP contribution < -0.4 is 4.74 Å². The number of nitrogens with one attached hydrogen (secondary N) is 1. The van der Waals surface area contributed by atoms with Crippen LogP contribution in [0.1, 0.15) is 36.0 Å². The highest BCUT2D eigenvalue weighted by Gasteiger charge is 2.42. The van der Waals surface area contributed by atoms with Crippen LogP contribution in [-0.4, -0.2) is 16.5 Å². The molecule has 0 fully saturated rings. The Labute approximate surface area is 145 Å². The SMILES string of the molecule is Cc1cccc2c1O[C@@](C)(c1c[nH]c3ccccc13)C[C@@H]2C[N+](=O)[O-]. The molecule has 0 unspecified atom stereocenters. The number of hydrogen-bond donors (Lipinski definition) is 1. The molecule has 1 aromatic heterocycles. The van der Waals surface area contributed by atoms with Crippen LogP contribution in [0.25, 0.3) is 10.9 Å². The summed E-state index contributed by atoms with van der Waals surface area (Å²) in [5.41, 5.74) is 3.43. The minimum Gasteiger partial charge on any atom is -0.482 e. The van der Waals surface area contributed by atoms with Crippen LogP contribution in [0, 0.1) is 17.0 Å². The number of aromatic nitrogens is 1. The summed E-state index contributed by atoms with van der Waals surface area (Å²) in [6.07, 6.45) is 2.55. The van der Waals surface area contributed by atoms with Gasteiger partial charge in [0, 0.05) is 39.6 Å². The third kappa shape index (κ3) is 2.56. The van der Waals surface area contributed by atoms with Crippen molar-refractivity contribution >= 4 is 10.9 Å². The Morgan fingerprint density at radius 2 is 2.08 bits per heavy atom. The fourth-order valence-electron chi connectivity index (χ4n) is 4.00. The van der Waals surface area contributed by atoms with Gasteiger partial charge in [-0.3, -0.25) is 10.1 Å². The van der Waals surface area contributed by atoms with E-state index in [4.69, 9.17) is 4.74 Å². The molecule has 2 aromatic carbocycles. The predicted octanol–water partition coefficient (Wildman–Crippen LogP) is 4.53. The first kappa shape index (κ1) is 15.7. The molecule has 0 aliphatic carbocycles. The first-order valence-corrected chi connectivity index (χ1v) is 8.45. The second-order valence-electron chi connectivity index (χ2n) is 6.99. The Bertz CT molecular complexity index is 962. The highest BCUT2D eigenvalue weighted by Crippen LogP contribution is 2.48. The fourth-order valence-corrected chi connectivity index (χ4v) is 4.00. The zero-order valence-corrected chi connectivity index (χ0v) is 14.3. The lowest BCUT2D eigenvalue weighted by Gasteiger charge is -2.39. The molecule has 1 aliphatic heterocycles. The highest BCUT2D eigenvalue weighted by molar-refractivity contribution is 5.84. The molecule has 0 bridgehead atoms. The van der Waals surface area contributed by atoms with E-state index in [1.165, 1.54) is 0 Å². The summed E-state index contributed by atoms with van der Waals surface area (Å²) in [5.74, 6) is 0.616. The maximum Gasteiger partial charge on any atom is 0.210 e. The number of nitro groups is 1. The highest BCUT2D eigenvalue weighted by atomic mass is 16.6. The molecule has 4 rings (SSSR count). The third-order valence-electron chi connectivity index (χ3n) is 5.17. The van der Waals surface area contributed by atoms with Gasteiger partial charge >= 0.3 is 0 Å². The standard InChI is InChI=1S/C20H20N2O3/c1-13-6-5-8-15-14(12-22(23)24)10-20(2,25-19(13)15)17-11-21-18-9-4-3-7-16(17)18/h3-9,11,14,21H,10,12H2,1-2H3/t14-,20-/m1/s1. The van der Waals surface area contributed by atoms with Gasteiger partial charge in [0.25, 0.3) is 0 Å². The van der Waals surface area contributed by atoms with Crippen molar-refractivity contribution in [2.45, 2.75) is 31.8 Å². The molecule has 0 amide bonds. The maximum atomic E-state index is 11.2. The van der Waals surface area contributed by atoms with Crippen molar-refractivity contribution in [1.82, 2.24) is 4.98 Å². The number of ether oxygens (including phenoxy) is 1. The smallest absolute Gasteiger partial charge is 0.210 e. The number of fused-ring (bicyclic) bond motifs is 2. The predicted molar refractivity (Wildman–Crippen MR) is 96.7 cm³/mol.